The molecule has 0 aliphatic rings. The van der Waals surface area contributed by atoms with E-state index in [1.807, 2.05) is 23.6 Å². The minimum Gasteiger partial charge on any atom is -0.454 e. The topological polar surface area (TPSA) is 13.1 Å². The molecule has 3 aromatic rings. The summed E-state index contributed by atoms with van der Waals surface area (Å²) in [5, 5.41) is 7.01. The van der Waals surface area contributed by atoms with E-state index in [-0.39, 0.29) is 0 Å². The Morgan fingerprint density at radius 3 is 3.00 bits per heavy atom. The van der Waals surface area contributed by atoms with E-state index in [0.29, 0.717) is 5.02 Å². The molecule has 0 aliphatic heterocycles. The number of fused-ring (bicyclic) bond motifs is 3. The van der Waals surface area contributed by atoms with Gasteiger partial charge in [-0.1, -0.05) is 23.7 Å². The molecule has 0 N–H and O–H groups in total. The zero-order chi connectivity index (χ0) is 8.84. The van der Waals surface area contributed by atoms with Gasteiger partial charge in [-0.05, 0) is 6.07 Å². The number of hydrogen-bond donors (Lipinski definition) is 0. The van der Waals surface area contributed by atoms with Crippen LogP contribution in [0.1, 0.15) is 0 Å². The van der Waals surface area contributed by atoms with Crippen LogP contribution < -0.4 is 0 Å². The van der Waals surface area contributed by atoms with E-state index in [1.54, 1.807) is 11.3 Å². The van der Waals surface area contributed by atoms with Crippen LogP contribution in [0.4, 0.5) is 0 Å². The predicted octanol–water partition coefficient (Wildman–Crippen LogP) is 4.30. The van der Waals surface area contributed by atoms with Gasteiger partial charge in [0.25, 0.3) is 0 Å². The van der Waals surface area contributed by atoms with Gasteiger partial charge >= 0.3 is 0 Å². The highest BCUT2D eigenvalue weighted by Crippen LogP contribution is 2.34. The van der Waals surface area contributed by atoms with Crippen LogP contribution in [-0.2, 0) is 0 Å². The molecule has 1 aromatic carbocycles. The summed E-state index contributed by atoms with van der Waals surface area (Å²) in [5.41, 5.74) is 1.72. The molecular weight excluding hydrogens is 204 g/mol. The number of para-hydroxylation sites is 1. The molecule has 2 heterocycles. The highest BCUT2D eigenvalue weighted by atomic mass is 35.5. The normalized spacial score (nSPS) is 11.5. The van der Waals surface area contributed by atoms with Crippen molar-refractivity contribution in [1.29, 1.82) is 0 Å². The highest BCUT2D eigenvalue weighted by molar-refractivity contribution is 7.09. The lowest BCUT2D eigenvalue weighted by Crippen LogP contribution is -1.64. The van der Waals surface area contributed by atoms with E-state index in [9.17, 15) is 0 Å². The van der Waals surface area contributed by atoms with Crippen molar-refractivity contribution in [3.63, 3.8) is 0 Å². The second kappa shape index (κ2) is 2.50. The molecule has 0 saturated carbocycles. The second-order valence-electron chi connectivity index (χ2n) is 2.87. The van der Waals surface area contributed by atoms with Crippen molar-refractivity contribution >= 4 is 44.9 Å². The van der Waals surface area contributed by atoms with Gasteiger partial charge in [-0.15, -0.1) is 11.3 Å². The van der Waals surface area contributed by atoms with Gasteiger partial charge in [0, 0.05) is 21.5 Å². The fourth-order valence-electron chi connectivity index (χ4n) is 1.50. The van der Waals surface area contributed by atoms with Gasteiger partial charge in [0.2, 0.25) is 0 Å². The standard InChI is InChI=1S/C10H5ClOS/c11-8-3-1-2-6-7-4-13-5-9(7)12-10(6)8/h1-5H. The summed E-state index contributed by atoms with van der Waals surface area (Å²) in [6, 6.07) is 5.81. The first-order valence-corrected chi connectivity index (χ1v) is 5.21. The Labute approximate surface area is 83.5 Å². The Morgan fingerprint density at radius 2 is 2.08 bits per heavy atom. The van der Waals surface area contributed by atoms with Crippen LogP contribution in [0, 0.1) is 0 Å². The quantitative estimate of drug-likeness (QED) is 0.537. The van der Waals surface area contributed by atoms with Gasteiger partial charge in [-0.3, -0.25) is 0 Å². The number of benzene rings is 1. The molecule has 2 aromatic heterocycles. The number of halogens is 1. The summed E-state index contributed by atoms with van der Waals surface area (Å²) in [4.78, 5) is 0. The summed E-state index contributed by atoms with van der Waals surface area (Å²) >= 11 is 7.64. The van der Waals surface area contributed by atoms with Crippen molar-refractivity contribution in [3.8, 4) is 0 Å². The molecule has 0 aliphatic carbocycles. The summed E-state index contributed by atoms with van der Waals surface area (Å²) in [5.74, 6) is 0. The van der Waals surface area contributed by atoms with Crippen molar-refractivity contribution in [2.45, 2.75) is 0 Å². The van der Waals surface area contributed by atoms with E-state index in [2.05, 4.69) is 5.38 Å². The molecule has 1 nitrogen and oxygen atoms in total. The summed E-state index contributed by atoms with van der Waals surface area (Å²) in [6.45, 7) is 0. The van der Waals surface area contributed by atoms with Crippen molar-refractivity contribution in [3.05, 3.63) is 34.0 Å². The van der Waals surface area contributed by atoms with Gasteiger partial charge in [-0.25, -0.2) is 0 Å². The third-order valence-electron chi connectivity index (χ3n) is 2.10. The van der Waals surface area contributed by atoms with E-state index in [4.69, 9.17) is 16.0 Å². The summed E-state index contributed by atoms with van der Waals surface area (Å²) in [6.07, 6.45) is 0. The third-order valence-corrected chi connectivity index (χ3v) is 3.12. The molecule has 0 spiro atoms. The van der Waals surface area contributed by atoms with E-state index in [0.717, 1.165) is 21.9 Å². The molecule has 0 saturated heterocycles. The second-order valence-corrected chi connectivity index (χ2v) is 4.02. The van der Waals surface area contributed by atoms with Gasteiger partial charge in [0.15, 0.2) is 5.58 Å². The van der Waals surface area contributed by atoms with Crippen molar-refractivity contribution in [2.75, 3.05) is 0 Å². The number of furan rings is 1. The molecule has 3 rings (SSSR count). The molecule has 0 bridgehead atoms. The first-order chi connectivity index (χ1) is 6.36. The minimum atomic E-state index is 0.679. The summed E-state index contributed by atoms with van der Waals surface area (Å²) in [7, 11) is 0. The predicted molar refractivity (Wildman–Crippen MR) is 56.6 cm³/mol. The molecule has 0 atom stereocenters. The maximum absolute atomic E-state index is 6.00. The fourth-order valence-corrected chi connectivity index (χ4v) is 2.45. The lowest BCUT2D eigenvalue weighted by molar-refractivity contribution is 0.670. The lowest BCUT2D eigenvalue weighted by Gasteiger charge is -1.89. The van der Waals surface area contributed by atoms with Crippen molar-refractivity contribution in [1.82, 2.24) is 0 Å². The maximum Gasteiger partial charge on any atom is 0.154 e. The summed E-state index contributed by atoms with van der Waals surface area (Å²) < 4.78 is 5.60. The number of hydrogen-bond acceptors (Lipinski definition) is 2. The zero-order valence-electron chi connectivity index (χ0n) is 6.58. The zero-order valence-corrected chi connectivity index (χ0v) is 8.15. The molecule has 13 heavy (non-hydrogen) atoms. The largest absolute Gasteiger partial charge is 0.454 e. The van der Waals surface area contributed by atoms with Crippen LogP contribution in [0.2, 0.25) is 5.02 Å². The monoisotopic (exact) mass is 208 g/mol. The molecule has 3 heteroatoms. The Kier molecular flexibility index (Phi) is 1.43. The van der Waals surface area contributed by atoms with Crippen LogP contribution in [0.3, 0.4) is 0 Å². The Bertz CT molecular complexity index is 579. The highest BCUT2D eigenvalue weighted by Gasteiger charge is 2.08. The van der Waals surface area contributed by atoms with Crippen LogP contribution in [0.25, 0.3) is 21.9 Å². The fraction of sp³-hybridized carbons (Fsp3) is 0. The minimum absolute atomic E-state index is 0.679. The average molecular weight is 209 g/mol. The molecule has 0 fully saturated rings. The number of thiophene rings is 1. The van der Waals surface area contributed by atoms with Crippen LogP contribution in [0.15, 0.2) is 33.4 Å². The van der Waals surface area contributed by atoms with Crippen molar-refractivity contribution in [2.24, 2.45) is 0 Å². The Morgan fingerprint density at radius 1 is 1.15 bits per heavy atom. The number of rotatable bonds is 0. The molecular formula is C10H5ClOS. The smallest absolute Gasteiger partial charge is 0.154 e. The van der Waals surface area contributed by atoms with Gasteiger partial charge in [-0.2, -0.15) is 0 Å². The SMILES string of the molecule is Clc1cccc2c1oc1cscc12. The van der Waals surface area contributed by atoms with E-state index < -0.39 is 0 Å². The van der Waals surface area contributed by atoms with Gasteiger partial charge in [0.05, 0.1) is 5.02 Å². The van der Waals surface area contributed by atoms with E-state index >= 15 is 0 Å². The molecule has 0 amide bonds. The average Bonchev–Trinajstić information content (AvgIpc) is 2.65. The first kappa shape index (κ1) is 7.42. The van der Waals surface area contributed by atoms with E-state index in [1.165, 1.54) is 0 Å². The molecule has 0 unspecified atom stereocenters. The van der Waals surface area contributed by atoms with Crippen molar-refractivity contribution < 1.29 is 4.42 Å². The van der Waals surface area contributed by atoms with Crippen LogP contribution in [0.5, 0.6) is 0 Å². The van der Waals surface area contributed by atoms with Gasteiger partial charge in [0.1, 0.15) is 5.58 Å². The molecule has 64 valence electrons. The Hall–Kier alpha value is -0.990. The Balaban J connectivity index is 2.66. The third kappa shape index (κ3) is 0.929. The van der Waals surface area contributed by atoms with Crippen LogP contribution in [-0.4, -0.2) is 0 Å². The molecule has 0 radical (unpaired) electrons. The first-order valence-electron chi connectivity index (χ1n) is 3.89. The maximum atomic E-state index is 6.00. The van der Waals surface area contributed by atoms with Crippen LogP contribution >= 0.6 is 22.9 Å². The lowest BCUT2D eigenvalue weighted by atomic mass is 10.2. The van der Waals surface area contributed by atoms with Gasteiger partial charge < -0.3 is 4.42 Å².